The second kappa shape index (κ2) is 14.2. The van der Waals surface area contributed by atoms with E-state index in [0.717, 1.165) is 62.8 Å². The van der Waals surface area contributed by atoms with E-state index in [4.69, 9.17) is 16.6 Å². The first kappa shape index (κ1) is 27.9. The topological polar surface area (TPSA) is 66.2 Å². The molecule has 7 heteroatoms. The number of amides is 1. The molecule has 0 fully saturated rings. The number of nitrogens with zero attached hydrogens (tertiary/aromatic N) is 3. The molecule has 0 radical (unpaired) electrons. The highest BCUT2D eigenvalue weighted by Gasteiger charge is 2.22. The fraction of sp³-hybridized carbons (Fsp3) is 0.481. The van der Waals surface area contributed by atoms with Crippen LogP contribution in [-0.4, -0.2) is 36.1 Å². The molecule has 1 aromatic heterocycles. The molecule has 0 saturated heterocycles. The molecule has 0 aliphatic heterocycles. The van der Waals surface area contributed by atoms with Gasteiger partial charge in [-0.05, 0) is 58.2 Å². The molecule has 2 rings (SSSR count). The van der Waals surface area contributed by atoms with Gasteiger partial charge < -0.3 is 5.32 Å². The number of hydrogen-bond donors (Lipinski definition) is 1. The normalized spacial score (nSPS) is 12.9. The molecule has 0 atom stereocenters. The summed E-state index contributed by atoms with van der Waals surface area (Å²) in [5.74, 6) is -0.00840. The number of benzene rings is 1. The van der Waals surface area contributed by atoms with Gasteiger partial charge >= 0.3 is 0 Å². The quantitative estimate of drug-likeness (QED) is 0.184. The van der Waals surface area contributed by atoms with Crippen molar-refractivity contribution >= 4 is 46.0 Å². The van der Waals surface area contributed by atoms with Crippen molar-refractivity contribution in [2.45, 2.75) is 73.6 Å². The first-order chi connectivity index (χ1) is 16.3. The number of nitrogens with one attached hydrogen (secondary N) is 1. The molecule has 0 bridgehead atoms. The maximum Gasteiger partial charge on any atom is 0.261 e. The van der Waals surface area contributed by atoms with Gasteiger partial charge in [0, 0.05) is 33.3 Å². The zero-order chi connectivity index (χ0) is 25.1. The average molecular weight is 501 g/mol. The van der Waals surface area contributed by atoms with Crippen LogP contribution in [-0.2, 0) is 0 Å². The van der Waals surface area contributed by atoms with Gasteiger partial charge in [0.2, 0.25) is 0 Å². The molecule has 1 N–H and O–H groups in total. The van der Waals surface area contributed by atoms with E-state index < -0.39 is 0 Å². The van der Waals surface area contributed by atoms with Gasteiger partial charge in [-0.25, -0.2) is 0 Å². The molecule has 0 aliphatic rings. The third-order valence-electron chi connectivity index (χ3n) is 5.57. The minimum atomic E-state index is -0.00840. The summed E-state index contributed by atoms with van der Waals surface area (Å²) in [5, 5.41) is 12.3. The number of thiophene rings is 1. The van der Waals surface area contributed by atoms with Crippen molar-refractivity contribution < 1.29 is 4.79 Å². The van der Waals surface area contributed by atoms with Crippen molar-refractivity contribution in [2.24, 2.45) is 15.2 Å². The van der Waals surface area contributed by atoms with E-state index in [-0.39, 0.29) is 5.91 Å². The third-order valence-corrected chi connectivity index (χ3v) is 7.03. The van der Waals surface area contributed by atoms with E-state index in [1.807, 2.05) is 52.0 Å². The monoisotopic (exact) mass is 500 g/mol. The molecule has 184 valence electrons. The summed E-state index contributed by atoms with van der Waals surface area (Å²) >= 11 is 7.66. The predicted molar refractivity (Wildman–Crippen MR) is 149 cm³/mol. The lowest BCUT2D eigenvalue weighted by molar-refractivity contribution is 0.0956. The van der Waals surface area contributed by atoms with Crippen molar-refractivity contribution in [1.29, 1.82) is 0 Å². The lowest BCUT2D eigenvalue weighted by atomic mass is 9.98. The van der Waals surface area contributed by atoms with Gasteiger partial charge in [0.25, 0.3) is 5.91 Å². The number of halogens is 1. The third kappa shape index (κ3) is 8.17. The highest BCUT2D eigenvalue weighted by molar-refractivity contribution is 7.14. The van der Waals surface area contributed by atoms with Crippen molar-refractivity contribution in [3.8, 4) is 0 Å². The Balaban J connectivity index is 2.37. The second-order valence-corrected chi connectivity index (χ2v) is 10.2. The van der Waals surface area contributed by atoms with Crippen LogP contribution in [0.4, 0.5) is 0 Å². The molecule has 0 saturated carbocycles. The Morgan fingerprint density at radius 3 is 2.32 bits per heavy atom. The van der Waals surface area contributed by atoms with Gasteiger partial charge in [0.1, 0.15) is 0 Å². The van der Waals surface area contributed by atoms with Crippen LogP contribution < -0.4 is 5.32 Å². The number of hydrogen-bond acceptors (Lipinski definition) is 5. The van der Waals surface area contributed by atoms with Crippen LogP contribution in [0, 0.1) is 13.8 Å². The SMILES string of the molecule is CCCCCCNC(=O)c1sc(C)c(/C(=N\C/C(C)=N/N=C(/C)CC)c2ccc(Cl)cc2)c1C. The van der Waals surface area contributed by atoms with Gasteiger partial charge in [-0.2, -0.15) is 10.2 Å². The summed E-state index contributed by atoms with van der Waals surface area (Å²) in [7, 11) is 0. The molecule has 0 spiro atoms. The smallest absolute Gasteiger partial charge is 0.261 e. The summed E-state index contributed by atoms with van der Waals surface area (Å²) < 4.78 is 0. The molecule has 1 heterocycles. The lowest BCUT2D eigenvalue weighted by Gasteiger charge is -2.10. The summed E-state index contributed by atoms with van der Waals surface area (Å²) in [5.41, 5.74) is 5.57. The number of carbonyl (C=O) groups is 1. The molecule has 2 aromatic rings. The number of aryl methyl sites for hydroxylation is 1. The fourth-order valence-electron chi connectivity index (χ4n) is 3.44. The first-order valence-electron chi connectivity index (χ1n) is 12.0. The van der Waals surface area contributed by atoms with Crippen LogP contribution in [0.5, 0.6) is 0 Å². The number of carbonyl (C=O) groups excluding carboxylic acids is 1. The minimum absolute atomic E-state index is 0.00840. The molecule has 1 aromatic carbocycles. The van der Waals surface area contributed by atoms with Gasteiger partial charge in [-0.15, -0.1) is 11.3 Å². The Morgan fingerprint density at radius 1 is 1.00 bits per heavy atom. The molecular formula is C27H37ClN4OS. The van der Waals surface area contributed by atoms with Crippen LogP contribution in [0.15, 0.2) is 39.5 Å². The van der Waals surface area contributed by atoms with Crippen LogP contribution in [0.1, 0.15) is 91.0 Å². The standard InChI is InChI=1S/C27H37ClN4OS/c1-7-9-10-11-16-29-27(33)26-20(5)24(21(6)34-26)25(22-12-14-23(28)15-13-22)30-17-19(4)32-31-18(3)8-2/h12-15H,7-11,16-17H2,1-6H3,(H,29,33)/b30-25-,31-18-,32-19+. The van der Waals surface area contributed by atoms with Crippen molar-refractivity contribution in [1.82, 2.24) is 5.32 Å². The number of unbranched alkanes of at least 4 members (excludes halogenated alkanes) is 3. The number of rotatable bonds is 12. The highest BCUT2D eigenvalue weighted by atomic mass is 35.5. The first-order valence-corrected chi connectivity index (χ1v) is 13.2. The van der Waals surface area contributed by atoms with E-state index >= 15 is 0 Å². The van der Waals surface area contributed by atoms with Gasteiger partial charge in [-0.3, -0.25) is 9.79 Å². The van der Waals surface area contributed by atoms with E-state index in [9.17, 15) is 4.79 Å². The van der Waals surface area contributed by atoms with Gasteiger partial charge in [0.15, 0.2) is 0 Å². The van der Waals surface area contributed by atoms with E-state index in [2.05, 4.69) is 29.4 Å². The van der Waals surface area contributed by atoms with Gasteiger partial charge in [0.05, 0.1) is 22.8 Å². The Kier molecular flexibility index (Phi) is 11.6. The maximum absolute atomic E-state index is 12.9. The van der Waals surface area contributed by atoms with Crippen molar-refractivity contribution in [2.75, 3.05) is 13.1 Å². The van der Waals surface area contributed by atoms with E-state index in [0.29, 0.717) is 18.1 Å². The molecule has 0 aliphatic carbocycles. The summed E-state index contributed by atoms with van der Waals surface area (Å²) in [6.45, 7) is 13.3. The Morgan fingerprint density at radius 2 is 1.68 bits per heavy atom. The zero-order valence-corrected chi connectivity index (χ0v) is 22.9. The molecule has 0 unspecified atom stereocenters. The van der Waals surface area contributed by atoms with Crippen molar-refractivity contribution in [3.05, 3.63) is 55.7 Å². The van der Waals surface area contributed by atoms with Gasteiger partial charge in [-0.1, -0.05) is 56.8 Å². The molecule has 1 amide bonds. The number of aliphatic imine (C=N–C) groups is 1. The molecule has 5 nitrogen and oxygen atoms in total. The largest absolute Gasteiger partial charge is 0.351 e. The summed E-state index contributed by atoms with van der Waals surface area (Å²) in [4.78, 5) is 19.7. The van der Waals surface area contributed by atoms with E-state index in [1.54, 1.807) is 0 Å². The molecular weight excluding hydrogens is 464 g/mol. The Bertz CT molecular complexity index is 1050. The second-order valence-electron chi connectivity index (χ2n) is 8.50. The molecule has 34 heavy (non-hydrogen) atoms. The van der Waals surface area contributed by atoms with Crippen molar-refractivity contribution in [3.63, 3.8) is 0 Å². The van der Waals surface area contributed by atoms with Crippen LogP contribution >= 0.6 is 22.9 Å². The predicted octanol–water partition coefficient (Wildman–Crippen LogP) is 7.41. The summed E-state index contributed by atoms with van der Waals surface area (Å²) in [6, 6.07) is 7.67. The minimum Gasteiger partial charge on any atom is -0.351 e. The maximum atomic E-state index is 12.9. The lowest BCUT2D eigenvalue weighted by Crippen LogP contribution is -2.24. The van der Waals surface area contributed by atoms with Crippen LogP contribution in [0.25, 0.3) is 0 Å². The fourth-order valence-corrected chi connectivity index (χ4v) is 4.65. The van der Waals surface area contributed by atoms with Crippen LogP contribution in [0.3, 0.4) is 0 Å². The van der Waals surface area contributed by atoms with Crippen LogP contribution in [0.2, 0.25) is 5.02 Å². The highest BCUT2D eigenvalue weighted by Crippen LogP contribution is 2.30. The van der Waals surface area contributed by atoms with E-state index in [1.165, 1.54) is 24.2 Å². The summed E-state index contributed by atoms with van der Waals surface area (Å²) in [6.07, 6.45) is 5.39. The average Bonchev–Trinajstić information content (AvgIpc) is 3.12. The Labute approximate surface area is 213 Å². The zero-order valence-electron chi connectivity index (χ0n) is 21.3. The Hall–Kier alpha value is -2.31.